The summed E-state index contributed by atoms with van der Waals surface area (Å²) < 4.78 is 0. The molecule has 0 radical (unpaired) electrons. The Morgan fingerprint density at radius 3 is 0.860 bits per heavy atom. The third kappa shape index (κ3) is 9.99. The predicted molar refractivity (Wildman–Crippen MR) is 373 cm³/mol. The first-order valence-electron chi connectivity index (χ1n) is 30.9. The van der Waals surface area contributed by atoms with Gasteiger partial charge in [-0.1, -0.05) is 277 Å². The molecule has 0 amide bonds. The van der Waals surface area contributed by atoms with Gasteiger partial charge in [-0.25, -0.2) is 0 Å². The van der Waals surface area contributed by atoms with Crippen molar-refractivity contribution in [3.63, 3.8) is 0 Å². The second-order valence-corrected chi connectivity index (χ2v) is 28.3. The van der Waals surface area contributed by atoms with E-state index in [2.05, 4.69) is 342 Å². The molecule has 0 spiro atoms. The minimum absolute atomic E-state index is 0.148. The standard InChI is InChI=1S/C83H79BN2/c1-54-44-73-71(51-64(54)55-32-20-14-21-33-55)84-72-52-65(56-34-22-15-23-35-56)70(83(11,12)13)53-74(72)86(79-68(59-40-28-18-29-41-59)47-62(81(5,6)7)48-69(79)60-42-30-19-31-43-60)76-50-63(82(8,9)10)49-75(77(76)84)85(73)78-66(57-36-24-16-25-37-57)45-61(80(2,3)4)46-67(78)58-38-26-17-27-39-58/h14-53H,1-13H3. The van der Waals surface area contributed by atoms with Gasteiger partial charge in [0.15, 0.2) is 0 Å². The first-order valence-corrected chi connectivity index (χ1v) is 30.9. The fourth-order valence-corrected chi connectivity index (χ4v) is 13.5. The van der Waals surface area contributed by atoms with E-state index < -0.39 is 0 Å². The number of rotatable bonds is 8. The molecule has 0 N–H and O–H groups in total. The molecule has 13 rings (SSSR count). The Kier molecular flexibility index (Phi) is 13.9. The monoisotopic (exact) mass is 1110 g/mol. The molecule has 3 heteroatoms. The highest BCUT2D eigenvalue weighted by atomic mass is 15.2. The van der Waals surface area contributed by atoms with Crippen LogP contribution >= 0.6 is 0 Å². The van der Waals surface area contributed by atoms with E-state index in [0.29, 0.717) is 0 Å². The molecule has 2 heterocycles. The van der Waals surface area contributed by atoms with Crippen LogP contribution in [0.5, 0.6) is 0 Å². The lowest BCUT2D eigenvalue weighted by atomic mass is 9.33. The minimum Gasteiger partial charge on any atom is -0.310 e. The highest BCUT2D eigenvalue weighted by Crippen LogP contribution is 2.56. The Morgan fingerprint density at radius 1 is 0.267 bits per heavy atom. The third-order valence-electron chi connectivity index (χ3n) is 18.1. The highest BCUT2D eigenvalue weighted by Gasteiger charge is 2.47. The average molecular weight is 1120 g/mol. The topological polar surface area (TPSA) is 6.48 Å². The maximum atomic E-state index is 2.75. The van der Waals surface area contributed by atoms with Crippen molar-refractivity contribution in [2.75, 3.05) is 9.80 Å². The van der Waals surface area contributed by atoms with Gasteiger partial charge in [0, 0.05) is 45.0 Å². The Bertz CT molecular complexity index is 4230. The molecule has 2 nitrogen and oxygen atoms in total. The maximum Gasteiger partial charge on any atom is 0.252 e. The Morgan fingerprint density at radius 2 is 0.547 bits per heavy atom. The van der Waals surface area contributed by atoms with Crippen LogP contribution in [0.4, 0.5) is 34.1 Å². The highest BCUT2D eigenvalue weighted by molar-refractivity contribution is 7.00. The van der Waals surface area contributed by atoms with Crippen molar-refractivity contribution in [1.82, 2.24) is 0 Å². The fourth-order valence-electron chi connectivity index (χ4n) is 13.5. The molecule has 0 aromatic heterocycles. The zero-order valence-electron chi connectivity index (χ0n) is 52.6. The largest absolute Gasteiger partial charge is 0.310 e. The molecule has 2 aliphatic rings. The average Bonchev–Trinajstić information content (AvgIpc) is 0.701. The summed E-state index contributed by atoms with van der Waals surface area (Å²) >= 11 is 0. The van der Waals surface area contributed by atoms with Crippen LogP contribution in [-0.2, 0) is 21.7 Å². The molecule has 0 saturated heterocycles. The minimum atomic E-state index is -0.263. The molecule has 86 heavy (non-hydrogen) atoms. The van der Waals surface area contributed by atoms with Crippen molar-refractivity contribution in [1.29, 1.82) is 0 Å². The van der Waals surface area contributed by atoms with Crippen molar-refractivity contribution < 1.29 is 0 Å². The van der Waals surface area contributed by atoms with Crippen molar-refractivity contribution in [3.05, 3.63) is 270 Å². The van der Waals surface area contributed by atoms with Gasteiger partial charge in [0.2, 0.25) is 0 Å². The van der Waals surface area contributed by atoms with E-state index in [1.807, 2.05) is 0 Å². The van der Waals surface area contributed by atoms with Gasteiger partial charge in [-0.15, -0.1) is 0 Å². The smallest absolute Gasteiger partial charge is 0.252 e. The summed E-state index contributed by atoms with van der Waals surface area (Å²) in [6.45, 7) is 30.6. The predicted octanol–water partition coefficient (Wildman–Crippen LogP) is 21.3. The number of hydrogen-bond acceptors (Lipinski definition) is 2. The summed E-state index contributed by atoms with van der Waals surface area (Å²) in [6, 6.07) is 92.5. The molecule has 11 aromatic rings. The van der Waals surface area contributed by atoms with Crippen LogP contribution in [0.15, 0.2) is 243 Å². The van der Waals surface area contributed by atoms with Crippen LogP contribution in [-0.4, -0.2) is 6.71 Å². The lowest BCUT2D eigenvalue weighted by Gasteiger charge is -2.47. The molecular weight excluding hydrogens is 1040 g/mol. The van der Waals surface area contributed by atoms with E-state index in [-0.39, 0.29) is 28.4 Å². The first kappa shape index (κ1) is 56.2. The van der Waals surface area contributed by atoms with Crippen LogP contribution in [0.25, 0.3) is 66.8 Å². The molecular formula is C83H79BN2. The van der Waals surface area contributed by atoms with E-state index in [1.54, 1.807) is 0 Å². The molecule has 0 atom stereocenters. The zero-order valence-corrected chi connectivity index (χ0v) is 52.6. The summed E-state index contributed by atoms with van der Waals surface area (Å²) in [4.78, 5) is 5.47. The van der Waals surface area contributed by atoms with Crippen LogP contribution in [0.1, 0.15) is 111 Å². The van der Waals surface area contributed by atoms with Gasteiger partial charge in [0.05, 0.1) is 11.4 Å². The normalized spacial score (nSPS) is 13.1. The van der Waals surface area contributed by atoms with Crippen molar-refractivity contribution in [3.8, 4) is 66.8 Å². The van der Waals surface area contributed by atoms with E-state index in [9.17, 15) is 0 Å². The van der Waals surface area contributed by atoms with Gasteiger partial charge in [-0.2, -0.15) is 0 Å². The number of nitrogens with zero attached hydrogens (tertiary/aromatic N) is 2. The fraction of sp³-hybridized carbons (Fsp3) is 0.205. The van der Waals surface area contributed by atoms with Gasteiger partial charge in [0.25, 0.3) is 6.71 Å². The Balaban J connectivity index is 1.28. The SMILES string of the molecule is Cc1cc2c(cc1-c1ccccc1)B1c3cc(-c4ccccc4)c(C(C)(C)C)cc3N(c3c(-c4ccccc4)cc(C(C)(C)C)cc3-c3ccccc3)c3cc(C(C)(C)C)cc(c31)N2c1c(-c2ccccc2)cc(C(C)(C)C)cc1-c1ccccc1. The molecule has 0 aliphatic carbocycles. The van der Waals surface area contributed by atoms with Gasteiger partial charge in [0.1, 0.15) is 0 Å². The number of benzene rings is 11. The molecule has 424 valence electrons. The number of aryl methyl sites for hydroxylation is 1. The summed E-state index contributed by atoms with van der Waals surface area (Å²) in [7, 11) is 0. The van der Waals surface area contributed by atoms with Crippen LogP contribution in [0.3, 0.4) is 0 Å². The summed E-state index contributed by atoms with van der Waals surface area (Å²) in [5, 5.41) is 0. The van der Waals surface area contributed by atoms with Gasteiger partial charge in [-0.05, 0) is 166 Å². The Hall–Kier alpha value is -8.92. The molecule has 11 aromatic carbocycles. The number of fused-ring (bicyclic) bond motifs is 4. The molecule has 0 saturated carbocycles. The molecule has 0 bridgehead atoms. The van der Waals surface area contributed by atoms with Gasteiger partial charge >= 0.3 is 0 Å². The first-order chi connectivity index (χ1) is 41.1. The van der Waals surface area contributed by atoms with Crippen LogP contribution < -0.4 is 26.2 Å². The van der Waals surface area contributed by atoms with E-state index >= 15 is 0 Å². The van der Waals surface area contributed by atoms with Crippen LogP contribution in [0.2, 0.25) is 0 Å². The van der Waals surface area contributed by atoms with E-state index in [0.717, 1.165) is 0 Å². The molecule has 2 aliphatic heterocycles. The zero-order chi connectivity index (χ0) is 60.0. The number of hydrogen-bond donors (Lipinski definition) is 0. The molecule has 0 fully saturated rings. The van der Waals surface area contributed by atoms with E-state index in [4.69, 9.17) is 0 Å². The lowest BCUT2D eigenvalue weighted by Crippen LogP contribution is -2.61. The Labute approximate surface area is 513 Å². The lowest BCUT2D eigenvalue weighted by molar-refractivity contribution is 0.590. The van der Waals surface area contributed by atoms with Crippen molar-refractivity contribution >= 4 is 57.2 Å². The maximum absolute atomic E-state index is 2.75. The van der Waals surface area contributed by atoms with Gasteiger partial charge < -0.3 is 9.80 Å². The van der Waals surface area contributed by atoms with E-state index in [1.165, 1.54) is 145 Å². The van der Waals surface area contributed by atoms with Gasteiger partial charge in [-0.3, -0.25) is 0 Å². The summed E-state index contributed by atoms with van der Waals surface area (Å²) in [5.41, 5.74) is 31.0. The summed E-state index contributed by atoms with van der Waals surface area (Å²) in [6.07, 6.45) is 0. The number of anilines is 6. The van der Waals surface area contributed by atoms with Crippen molar-refractivity contribution in [2.45, 2.75) is 112 Å². The molecule has 0 unspecified atom stereocenters. The van der Waals surface area contributed by atoms with Crippen molar-refractivity contribution in [2.24, 2.45) is 0 Å². The van der Waals surface area contributed by atoms with Crippen LogP contribution in [0, 0.1) is 6.92 Å². The second-order valence-electron chi connectivity index (χ2n) is 28.3. The second kappa shape index (κ2) is 21.2. The summed E-state index contributed by atoms with van der Waals surface area (Å²) in [5.74, 6) is 0. The quantitative estimate of drug-likeness (QED) is 0.140. The third-order valence-corrected chi connectivity index (χ3v) is 18.1.